The predicted octanol–water partition coefficient (Wildman–Crippen LogP) is 2.86. The summed E-state index contributed by atoms with van der Waals surface area (Å²) < 4.78 is 10.4. The number of hydrogen-bond donors (Lipinski definition) is 0. The number of aromatic nitrogens is 4. The number of anilines is 1. The predicted molar refractivity (Wildman–Crippen MR) is 120 cm³/mol. The molecule has 0 spiro atoms. The molecule has 1 aromatic carbocycles. The van der Waals surface area contributed by atoms with Gasteiger partial charge in [0.1, 0.15) is 5.75 Å². The van der Waals surface area contributed by atoms with Gasteiger partial charge in [0.05, 0.1) is 12.8 Å². The summed E-state index contributed by atoms with van der Waals surface area (Å²) in [5.74, 6) is 2.78. The zero-order chi connectivity index (χ0) is 22.7. The van der Waals surface area contributed by atoms with E-state index in [-0.39, 0.29) is 11.8 Å². The largest absolute Gasteiger partial charge is 0.497 e. The first-order valence-corrected chi connectivity index (χ1v) is 10.7. The summed E-state index contributed by atoms with van der Waals surface area (Å²) in [5.41, 5.74) is 2.98. The SMILES string of the molecule is COc1ccc(-c2cnc(N(C)C)nc2C2CCN(C(=O)CCc3nc(C)no3)C2)cc1. The molecule has 9 nitrogen and oxygen atoms in total. The van der Waals surface area contributed by atoms with Crippen LogP contribution in [0, 0.1) is 6.92 Å². The monoisotopic (exact) mass is 436 g/mol. The molecule has 1 unspecified atom stereocenters. The Hall–Kier alpha value is -3.49. The average molecular weight is 437 g/mol. The van der Waals surface area contributed by atoms with E-state index >= 15 is 0 Å². The summed E-state index contributed by atoms with van der Waals surface area (Å²) >= 11 is 0. The normalized spacial score (nSPS) is 15.8. The van der Waals surface area contributed by atoms with Gasteiger partial charge in [-0.2, -0.15) is 4.98 Å². The Morgan fingerprint density at radius 3 is 2.69 bits per heavy atom. The molecule has 1 saturated heterocycles. The maximum absolute atomic E-state index is 12.8. The van der Waals surface area contributed by atoms with Gasteiger partial charge in [0.2, 0.25) is 17.7 Å². The Kier molecular flexibility index (Phi) is 6.34. The van der Waals surface area contributed by atoms with Crippen LogP contribution in [0.25, 0.3) is 11.1 Å². The third-order valence-corrected chi connectivity index (χ3v) is 5.66. The zero-order valence-corrected chi connectivity index (χ0v) is 18.9. The summed E-state index contributed by atoms with van der Waals surface area (Å²) in [7, 11) is 5.50. The van der Waals surface area contributed by atoms with Crippen molar-refractivity contribution in [3.8, 4) is 16.9 Å². The number of nitrogens with zero attached hydrogens (tertiary/aromatic N) is 6. The van der Waals surface area contributed by atoms with E-state index in [0.29, 0.717) is 43.6 Å². The molecule has 9 heteroatoms. The van der Waals surface area contributed by atoms with Gasteiger partial charge in [0.25, 0.3) is 0 Å². The Balaban J connectivity index is 1.52. The van der Waals surface area contributed by atoms with Gasteiger partial charge in [0, 0.05) is 57.7 Å². The minimum Gasteiger partial charge on any atom is -0.497 e. The second-order valence-corrected chi connectivity index (χ2v) is 8.15. The van der Waals surface area contributed by atoms with Crippen LogP contribution in [0.5, 0.6) is 5.75 Å². The highest BCUT2D eigenvalue weighted by molar-refractivity contribution is 5.77. The molecule has 0 radical (unpaired) electrons. The van der Waals surface area contributed by atoms with Crippen LogP contribution in [0.2, 0.25) is 0 Å². The fourth-order valence-electron chi connectivity index (χ4n) is 3.93. The Labute approximate surface area is 187 Å². The van der Waals surface area contributed by atoms with E-state index in [1.807, 2.05) is 54.4 Å². The number of methoxy groups -OCH3 is 1. The third kappa shape index (κ3) is 4.71. The summed E-state index contributed by atoms with van der Waals surface area (Å²) in [4.78, 5) is 30.2. The molecule has 0 N–H and O–H groups in total. The van der Waals surface area contributed by atoms with Crippen molar-refractivity contribution in [2.45, 2.75) is 32.1 Å². The van der Waals surface area contributed by atoms with Gasteiger partial charge in [-0.05, 0) is 31.0 Å². The number of aryl methyl sites for hydroxylation is 2. The van der Waals surface area contributed by atoms with Gasteiger partial charge in [-0.1, -0.05) is 17.3 Å². The van der Waals surface area contributed by atoms with Crippen molar-refractivity contribution in [3.63, 3.8) is 0 Å². The number of ether oxygens (including phenoxy) is 1. The molecule has 0 bridgehead atoms. The zero-order valence-electron chi connectivity index (χ0n) is 18.9. The average Bonchev–Trinajstić information content (AvgIpc) is 3.46. The van der Waals surface area contributed by atoms with E-state index < -0.39 is 0 Å². The first-order chi connectivity index (χ1) is 15.4. The van der Waals surface area contributed by atoms with Crippen LogP contribution < -0.4 is 9.64 Å². The van der Waals surface area contributed by atoms with Crippen LogP contribution in [0.3, 0.4) is 0 Å². The molecule has 2 aromatic heterocycles. The van der Waals surface area contributed by atoms with Crippen LogP contribution in [0.4, 0.5) is 5.95 Å². The second-order valence-electron chi connectivity index (χ2n) is 8.15. The van der Waals surface area contributed by atoms with Crippen molar-refractivity contribution >= 4 is 11.9 Å². The molecule has 0 saturated carbocycles. The fraction of sp³-hybridized carbons (Fsp3) is 0.435. The van der Waals surface area contributed by atoms with Gasteiger partial charge in [-0.3, -0.25) is 4.79 Å². The number of benzene rings is 1. The lowest BCUT2D eigenvalue weighted by molar-refractivity contribution is -0.130. The highest BCUT2D eigenvalue weighted by Crippen LogP contribution is 2.35. The lowest BCUT2D eigenvalue weighted by Crippen LogP contribution is -2.28. The molecule has 1 aliphatic heterocycles. The van der Waals surface area contributed by atoms with Crippen molar-refractivity contribution in [3.05, 3.63) is 47.9 Å². The van der Waals surface area contributed by atoms with Crippen LogP contribution in [-0.2, 0) is 11.2 Å². The molecule has 4 rings (SSSR count). The van der Waals surface area contributed by atoms with Crippen LogP contribution in [0.1, 0.15) is 36.2 Å². The van der Waals surface area contributed by atoms with E-state index in [1.165, 1.54) is 0 Å². The Morgan fingerprint density at radius 1 is 1.25 bits per heavy atom. The van der Waals surface area contributed by atoms with E-state index in [4.69, 9.17) is 14.2 Å². The maximum atomic E-state index is 12.8. The highest BCUT2D eigenvalue weighted by atomic mass is 16.5. The molecule has 1 fully saturated rings. The standard InChI is InChI=1S/C23H28N6O3/c1-15-25-20(32-27-15)9-10-21(30)29-12-11-17(14-29)22-19(13-24-23(26-22)28(2)3)16-5-7-18(31-4)8-6-16/h5-8,13,17H,9-12,14H2,1-4H3. The van der Waals surface area contributed by atoms with E-state index in [0.717, 1.165) is 29.0 Å². The number of amides is 1. The molecular weight excluding hydrogens is 408 g/mol. The molecule has 0 aliphatic carbocycles. The molecule has 1 aliphatic rings. The summed E-state index contributed by atoms with van der Waals surface area (Å²) in [6, 6.07) is 7.90. The minimum absolute atomic E-state index is 0.0937. The van der Waals surface area contributed by atoms with E-state index in [1.54, 1.807) is 14.0 Å². The van der Waals surface area contributed by atoms with Crippen LogP contribution in [0.15, 0.2) is 35.0 Å². The number of carbonyl (C=O) groups excluding carboxylic acids is 1. The third-order valence-electron chi connectivity index (χ3n) is 5.66. The fourth-order valence-corrected chi connectivity index (χ4v) is 3.93. The molecule has 32 heavy (non-hydrogen) atoms. The van der Waals surface area contributed by atoms with Gasteiger partial charge in [-0.15, -0.1) is 0 Å². The van der Waals surface area contributed by atoms with Gasteiger partial charge in [0.15, 0.2) is 5.82 Å². The summed E-state index contributed by atoms with van der Waals surface area (Å²) in [6.45, 7) is 3.11. The summed E-state index contributed by atoms with van der Waals surface area (Å²) in [6.07, 6.45) is 3.54. The quantitative estimate of drug-likeness (QED) is 0.558. The molecule has 3 heterocycles. The minimum atomic E-state index is 0.0937. The maximum Gasteiger partial charge on any atom is 0.227 e. The Morgan fingerprint density at radius 2 is 2.03 bits per heavy atom. The lowest BCUT2D eigenvalue weighted by atomic mass is 9.96. The van der Waals surface area contributed by atoms with E-state index in [2.05, 4.69) is 15.1 Å². The molecule has 168 valence electrons. The summed E-state index contributed by atoms with van der Waals surface area (Å²) in [5, 5.41) is 3.78. The first-order valence-electron chi connectivity index (χ1n) is 10.7. The van der Waals surface area contributed by atoms with Crippen molar-refractivity contribution in [1.29, 1.82) is 0 Å². The molecular formula is C23H28N6O3. The topological polar surface area (TPSA) is 97.5 Å². The van der Waals surface area contributed by atoms with Crippen molar-refractivity contribution < 1.29 is 14.1 Å². The van der Waals surface area contributed by atoms with Gasteiger partial charge < -0.3 is 19.1 Å². The second kappa shape index (κ2) is 9.33. The molecule has 3 aromatic rings. The Bertz CT molecular complexity index is 1080. The lowest BCUT2D eigenvalue weighted by Gasteiger charge is -2.19. The van der Waals surface area contributed by atoms with Gasteiger partial charge >= 0.3 is 0 Å². The highest BCUT2D eigenvalue weighted by Gasteiger charge is 2.30. The number of hydrogen-bond acceptors (Lipinski definition) is 8. The smallest absolute Gasteiger partial charge is 0.227 e. The number of carbonyl (C=O) groups is 1. The van der Waals surface area contributed by atoms with Crippen molar-refractivity contribution in [1.82, 2.24) is 25.0 Å². The first kappa shape index (κ1) is 21.7. The number of likely N-dealkylation sites (tertiary alicyclic amines) is 1. The van der Waals surface area contributed by atoms with Crippen LogP contribution >= 0.6 is 0 Å². The molecule has 1 amide bonds. The van der Waals surface area contributed by atoms with Crippen molar-refractivity contribution in [2.24, 2.45) is 0 Å². The van der Waals surface area contributed by atoms with E-state index in [9.17, 15) is 4.79 Å². The van der Waals surface area contributed by atoms with Crippen molar-refractivity contribution in [2.75, 3.05) is 39.2 Å². The van der Waals surface area contributed by atoms with Crippen LogP contribution in [-0.4, -0.2) is 65.2 Å². The van der Waals surface area contributed by atoms with Gasteiger partial charge in [-0.25, -0.2) is 9.97 Å². The molecule has 1 atom stereocenters. The number of rotatable bonds is 7.